The number of nitrogens with zero attached hydrogens (tertiary/aromatic N) is 2. The topological polar surface area (TPSA) is 84.2 Å². The van der Waals surface area contributed by atoms with Crippen LogP contribution < -0.4 is 16.2 Å². The van der Waals surface area contributed by atoms with Gasteiger partial charge in [0, 0.05) is 19.2 Å². The number of hydrogen-bond donors (Lipinski definition) is 2. The number of H-pyrrole nitrogens is 1. The third-order valence-electron chi connectivity index (χ3n) is 2.46. The Morgan fingerprint density at radius 1 is 1.73 bits per heavy atom. The Morgan fingerprint density at radius 3 is 3.33 bits per heavy atom. The molecule has 2 rings (SSSR count). The molecule has 1 aliphatic heterocycles. The minimum absolute atomic E-state index is 0.105. The second-order valence-electron chi connectivity index (χ2n) is 3.43. The first-order valence-electron chi connectivity index (χ1n) is 4.90. The van der Waals surface area contributed by atoms with Crippen molar-refractivity contribution in [2.24, 2.45) is 5.73 Å². The quantitative estimate of drug-likeness (QED) is 0.649. The highest BCUT2D eigenvalue weighted by Gasteiger charge is 2.22. The maximum Gasteiger partial charge on any atom is 0.252 e. The molecule has 1 fully saturated rings. The van der Waals surface area contributed by atoms with Gasteiger partial charge in [-0.3, -0.25) is 4.79 Å². The number of nitrogens with one attached hydrogen (secondary N) is 1. The summed E-state index contributed by atoms with van der Waals surface area (Å²) in [5, 5.41) is 0. The lowest BCUT2D eigenvalue weighted by Gasteiger charge is -2.35. The zero-order valence-corrected chi connectivity index (χ0v) is 8.35. The summed E-state index contributed by atoms with van der Waals surface area (Å²) in [4.78, 5) is 19.8. The fraction of sp³-hybridized carbons (Fsp3) is 0.556. The molecule has 82 valence electrons. The molecule has 1 unspecified atom stereocenters. The van der Waals surface area contributed by atoms with Gasteiger partial charge in [0.2, 0.25) is 0 Å². The fourth-order valence-corrected chi connectivity index (χ4v) is 1.67. The molecule has 15 heavy (non-hydrogen) atoms. The number of anilines is 1. The van der Waals surface area contributed by atoms with Crippen LogP contribution in [0.1, 0.15) is 0 Å². The Labute approximate surface area is 87.1 Å². The number of aromatic nitrogens is 2. The predicted molar refractivity (Wildman–Crippen MR) is 55.9 cm³/mol. The van der Waals surface area contributed by atoms with Crippen molar-refractivity contribution in [2.45, 2.75) is 6.04 Å². The van der Waals surface area contributed by atoms with Crippen LogP contribution in [0.15, 0.2) is 17.2 Å². The molecule has 0 spiro atoms. The van der Waals surface area contributed by atoms with Crippen LogP contribution in [0.4, 0.5) is 5.82 Å². The molecule has 3 N–H and O–H groups in total. The predicted octanol–water partition coefficient (Wildman–Crippen LogP) is -1.07. The number of ether oxygens (including phenoxy) is 1. The molecule has 1 aromatic rings. The lowest BCUT2D eigenvalue weighted by atomic mass is 10.2. The van der Waals surface area contributed by atoms with Gasteiger partial charge in [0.25, 0.3) is 5.56 Å². The fourth-order valence-electron chi connectivity index (χ4n) is 1.67. The first kappa shape index (κ1) is 10.1. The SMILES string of the molecule is NCC1COCCN1c1cc(=O)[nH]cn1. The van der Waals surface area contributed by atoms with Crippen molar-refractivity contribution < 1.29 is 4.74 Å². The molecule has 1 aromatic heterocycles. The van der Waals surface area contributed by atoms with Crippen LogP contribution in [0, 0.1) is 0 Å². The molecule has 1 aliphatic rings. The second kappa shape index (κ2) is 4.41. The van der Waals surface area contributed by atoms with E-state index in [1.165, 1.54) is 12.4 Å². The van der Waals surface area contributed by atoms with Gasteiger partial charge in [0.05, 0.1) is 25.6 Å². The largest absolute Gasteiger partial charge is 0.377 e. The van der Waals surface area contributed by atoms with Crippen LogP contribution in [-0.4, -0.2) is 42.3 Å². The van der Waals surface area contributed by atoms with Gasteiger partial charge in [-0.25, -0.2) is 4.98 Å². The summed E-state index contributed by atoms with van der Waals surface area (Å²) in [6, 6.07) is 1.58. The third kappa shape index (κ3) is 2.16. The number of morpholine rings is 1. The van der Waals surface area contributed by atoms with E-state index in [2.05, 4.69) is 9.97 Å². The van der Waals surface area contributed by atoms with Gasteiger partial charge in [-0.2, -0.15) is 0 Å². The lowest BCUT2D eigenvalue weighted by Crippen LogP contribution is -2.50. The molecule has 0 aliphatic carbocycles. The molecule has 6 heteroatoms. The van der Waals surface area contributed by atoms with Gasteiger partial charge in [-0.15, -0.1) is 0 Å². The number of nitrogens with two attached hydrogens (primary N) is 1. The second-order valence-corrected chi connectivity index (χ2v) is 3.43. The first-order valence-corrected chi connectivity index (χ1v) is 4.90. The Morgan fingerprint density at radius 2 is 2.60 bits per heavy atom. The highest BCUT2D eigenvalue weighted by molar-refractivity contribution is 5.38. The molecule has 1 saturated heterocycles. The molecular formula is C9H14N4O2. The average Bonchev–Trinajstić information content (AvgIpc) is 2.29. The average molecular weight is 210 g/mol. The molecule has 0 saturated carbocycles. The minimum atomic E-state index is -0.151. The standard InChI is InChI=1S/C9H14N4O2/c10-4-7-5-15-2-1-13(7)8-3-9(14)12-6-11-8/h3,6-7H,1-2,4-5,10H2,(H,11,12,14). The van der Waals surface area contributed by atoms with E-state index in [1.807, 2.05) is 4.90 Å². The summed E-state index contributed by atoms with van der Waals surface area (Å²) in [6.45, 7) is 2.45. The zero-order chi connectivity index (χ0) is 10.7. The summed E-state index contributed by atoms with van der Waals surface area (Å²) in [6.07, 6.45) is 1.40. The molecule has 0 amide bonds. The number of hydrogen-bond acceptors (Lipinski definition) is 5. The summed E-state index contributed by atoms with van der Waals surface area (Å²) in [5.74, 6) is 0.664. The Kier molecular flexibility index (Phi) is 2.98. The number of rotatable bonds is 2. The summed E-state index contributed by atoms with van der Waals surface area (Å²) >= 11 is 0. The van der Waals surface area contributed by atoms with Gasteiger partial charge < -0.3 is 20.4 Å². The van der Waals surface area contributed by atoms with Crippen molar-refractivity contribution >= 4 is 5.82 Å². The lowest BCUT2D eigenvalue weighted by molar-refractivity contribution is 0.0958. The number of aromatic amines is 1. The molecule has 0 bridgehead atoms. The molecule has 6 nitrogen and oxygen atoms in total. The summed E-state index contributed by atoms with van der Waals surface area (Å²) < 4.78 is 5.32. The van der Waals surface area contributed by atoms with E-state index in [0.29, 0.717) is 25.6 Å². The summed E-state index contributed by atoms with van der Waals surface area (Å²) in [5.41, 5.74) is 5.48. The van der Waals surface area contributed by atoms with Gasteiger partial charge in [0.15, 0.2) is 0 Å². The monoisotopic (exact) mass is 210 g/mol. The smallest absolute Gasteiger partial charge is 0.252 e. The van der Waals surface area contributed by atoms with E-state index in [-0.39, 0.29) is 11.6 Å². The van der Waals surface area contributed by atoms with Gasteiger partial charge >= 0.3 is 0 Å². The third-order valence-corrected chi connectivity index (χ3v) is 2.46. The van der Waals surface area contributed by atoms with Gasteiger partial charge in [0.1, 0.15) is 5.82 Å². The van der Waals surface area contributed by atoms with Crippen molar-refractivity contribution in [3.05, 3.63) is 22.7 Å². The molecule has 0 aromatic carbocycles. The normalized spacial score (nSPS) is 21.7. The van der Waals surface area contributed by atoms with Crippen LogP contribution in [-0.2, 0) is 4.74 Å². The van der Waals surface area contributed by atoms with Crippen molar-refractivity contribution in [1.82, 2.24) is 9.97 Å². The van der Waals surface area contributed by atoms with Crippen LogP contribution in [0.25, 0.3) is 0 Å². The maximum atomic E-state index is 11.1. The highest BCUT2D eigenvalue weighted by Crippen LogP contribution is 2.13. The minimum Gasteiger partial charge on any atom is -0.377 e. The van der Waals surface area contributed by atoms with Gasteiger partial charge in [-0.05, 0) is 0 Å². The highest BCUT2D eigenvalue weighted by atomic mass is 16.5. The van der Waals surface area contributed by atoms with Crippen LogP contribution >= 0.6 is 0 Å². The van der Waals surface area contributed by atoms with E-state index in [0.717, 1.165) is 6.54 Å². The van der Waals surface area contributed by atoms with Gasteiger partial charge in [-0.1, -0.05) is 0 Å². The Hall–Kier alpha value is -1.40. The van der Waals surface area contributed by atoms with Crippen molar-refractivity contribution in [1.29, 1.82) is 0 Å². The maximum absolute atomic E-state index is 11.1. The van der Waals surface area contributed by atoms with Crippen molar-refractivity contribution in [2.75, 3.05) is 31.2 Å². The molecule has 0 radical (unpaired) electrons. The first-order chi connectivity index (χ1) is 7.31. The van der Waals surface area contributed by atoms with E-state index in [9.17, 15) is 4.79 Å². The van der Waals surface area contributed by atoms with Crippen LogP contribution in [0.2, 0.25) is 0 Å². The van der Waals surface area contributed by atoms with Crippen molar-refractivity contribution in [3.8, 4) is 0 Å². The molecule has 1 atom stereocenters. The molecule has 2 heterocycles. The van der Waals surface area contributed by atoms with E-state index >= 15 is 0 Å². The Bertz CT molecular complexity index is 378. The van der Waals surface area contributed by atoms with E-state index in [4.69, 9.17) is 10.5 Å². The van der Waals surface area contributed by atoms with Crippen LogP contribution in [0.3, 0.4) is 0 Å². The van der Waals surface area contributed by atoms with E-state index < -0.39 is 0 Å². The van der Waals surface area contributed by atoms with Crippen molar-refractivity contribution in [3.63, 3.8) is 0 Å². The Balaban J connectivity index is 2.24. The van der Waals surface area contributed by atoms with Crippen LogP contribution in [0.5, 0.6) is 0 Å². The zero-order valence-electron chi connectivity index (χ0n) is 8.35. The molecular weight excluding hydrogens is 196 g/mol. The summed E-state index contributed by atoms with van der Waals surface area (Å²) in [7, 11) is 0. The van der Waals surface area contributed by atoms with E-state index in [1.54, 1.807) is 0 Å².